The molecule has 2 aliphatic heterocycles. The van der Waals surface area contributed by atoms with Crippen LogP contribution in [0.1, 0.15) is 42.2 Å². The van der Waals surface area contributed by atoms with Crippen molar-refractivity contribution < 1.29 is 9.18 Å². The second-order valence-electron chi connectivity index (χ2n) is 8.11. The third-order valence-electron chi connectivity index (χ3n) is 6.22. The van der Waals surface area contributed by atoms with Gasteiger partial charge in [-0.3, -0.25) is 4.79 Å². The van der Waals surface area contributed by atoms with Gasteiger partial charge in [0.25, 0.3) is 0 Å². The molecule has 1 saturated carbocycles. The average molecular weight is 417 g/mol. The molecular formula is C22H25FN2OS2. The maximum atomic E-state index is 13.4. The van der Waals surface area contributed by atoms with Crippen molar-refractivity contribution in [2.75, 3.05) is 19.6 Å². The van der Waals surface area contributed by atoms with E-state index in [9.17, 15) is 9.18 Å². The molecule has 148 valence electrons. The first kappa shape index (κ1) is 18.6. The van der Waals surface area contributed by atoms with Crippen molar-refractivity contribution >= 4 is 29.2 Å². The lowest BCUT2D eigenvalue weighted by Crippen LogP contribution is -2.46. The summed E-state index contributed by atoms with van der Waals surface area (Å²) < 4.78 is 15.4. The Labute approximate surface area is 174 Å². The molecule has 1 aliphatic carbocycles. The van der Waals surface area contributed by atoms with Gasteiger partial charge in [-0.2, -0.15) is 0 Å². The smallest absolute Gasteiger partial charge is 0.226 e. The lowest BCUT2D eigenvalue weighted by Gasteiger charge is -2.40. The van der Waals surface area contributed by atoms with Crippen molar-refractivity contribution in [3.8, 4) is 0 Å². The zero-order chi connectivity index (χ0) is 19.1. The van der Waals surface area contributed by atoms with Crippen LogP contribution in [0, 0.1) is 17.7 Å². The van der Waals surface area contributed by atoms with Crippen LogP contribution in [0.15, 0.2) is 40.6 Å². The molecule has 3 aliphatic rings. The largest absolute Gasteiger partial charge is 0.335 e. The summed E-state index contributed by atoms with van der Waals surface area (Å²) in [5, 5.41) is 2.19. The van der Waals surface area contributed by atoms with E-state index in [1.165, 1.54) is 35.4 Å². The van der Waals surface area contributed by atoms with Crippen molar-refractivity contribution in [3.05, 3.63) is 52.0 Å². The normalized spacial score (nSPS) is 23.6. The molecule has 0 radical (unpaired) electrons. The van der Waals surface area contributed by atoms with Crippen molar-refractivity contribution in [1.29, 1.82) is 0 Å². The van der Waals surface area contributed by atoms with Gasteiger partial charge in [0, 0.05) is 35.3 Å². The van der Waals surface area contributed by atoms with Gasteiger partial charge in [0.1, 0.15) is 5.82 Å². The van der Waals surface area contributed by atoms with E-state index in [0.717, 1.165) is 43.8 Å². The van der Waals surface area contributed by atoms with E-state index in [1.807, 2.05) is 23.5 Å². The number of rotatable bonds is 4. The zero-order valence-electron chi connectivity index (χ0n) is 15.9. The average Bonchev–Trinajstić information content (AvgIpc) is 3.45. The highest BCUT2D eigenvalue weighted by Crippen LogP contribution is 2.49. The molecule has 0 N–H and O–H groups in total. The van der Waals surface area contributed by atoms with Crippen LogP contribution >= 0.6 is 23.3 Å². The fourth-order valence-corrected chi connectivity index (χ4v) is 6.45. The summed E-state index contributed by atoms with van der Waals surface area (Å²) in [5.74, 6) is 0.993. The molecule has 1 atom stereocenters. The molecular weight excluding hydrogens is 391 g/mol. The lowest BCUT2D eigenvalue weighted by molar-refractivity contribution is -0.140. The van der Waals surface area contributed by atoms with Crippen LogP contribution in [0.4, 0.5) is 4.39 Å². The van der Waals surface area contributed by atoms with E-state index in [4.69, 9.17) is 0 Å². The van der Waals surface area contributed by atoms with E-state index < -0.39 is 0 Å². The summed E-state index contributed by atoms with van der Waals surface area (Å²) in [6.45, 7) is 2.70. The molecule has 3 heterocycles. The Morgan fingerprint density at radius 1 is 1.04 bits per heavy atom. The maximum absolute atomic E-state index is 13.4. The second-order valence-corrected chi connectivity index (χ2v) is 10.3. The van der Waals surface area contributed by atoms with Gasteiger partial charge in [0.15, 0.2) is 0 Å². The van der Waals surface area contributed by atoms with Crippen molar-refractivity contribution in [1.82, 2.24) is 9.21 Å². The summed E-state index contributed by atoms with van der Waals surface area (Å²) >= 11 is 3.53. The van der Waals surface area contributed by atoms with Crippen LogP contribution in [-0.2, 0) is 11.2 Å². The van der Waals surface area contributed by atoms with Gasteiger partial charge in [-0.15, -0.1) is 11.3 Å². The molecule has 2 fully saturated rings. The molecule has 1 saturated heterocycles. The van der Waals surface area contributed by atoms with Gasteiger partial charge in [-0.25, -0.2) is 8.70 Å². The first-order valence-corrected chi connectivity index (χ1v) is 11.9. The number of piperidine rings is 1. The van der Waals surface area contributed by atoms with Crippen molar-refractivity contribution in [3.63, 3.8) is 0 Å². The number of carbonyl (C=O) groups excluding carboxylic acids is 1. The maximum Gasteiger partial charge on any atom is 0.226 e. The standard InChI is InChI=1S/C22H25FN2OS2/c23-17-3-5-18(6-4-17)28-24-11-7-16(8-12-24)22(26)25-13-9-20-19(10-14-27-20)21(25)15-1-2-15/h3-6,10,14-16,21H,1-2,7-9,11-13H2. The summed E-state index contributed by atoms with van der Waals surface area (Å²) in [4.78, 5) is 18.2. The van der Waals surface area contributed by atoms with Gasteiger partial charge in [-0.1, -0.05) is 0 Å². The Kier molecular flexibility index (Phi) is 5.20. The predicted octanol–water partition coefficient (Wildman–Crippen LogP) is 5.14. The molecule has 1 aromatic carbocycles. The fourth-order valence-electron chi connectivity index (χ4n) is 4.59. The fraction of sp³-hybridized carbons (Fsp3) is 0.500. The highest BCUT2D eigenvalue weighted by molar-refractivity contribution is 7.97. The first-order chi connectivity index (χ1) is 13.7. The molecule has 6 heteroatoms. The minimum atomic E-state index is -0.200. The molecule has 1 aromatic heterocycles. The highest BCUT2D eigenvalue weighted by atomic mass is 32.2. The Hall–Kier alpha value is -1.37. The van der Waals surface area contributed by atoms with Crippen molar-refractivity contribution in [2.45, 2.75) is 43.0 Å². The Balaban J connectivity index is 1.21. The zero-order valence-corrected chi connectivity index (χ0v) is 17.5. The van der Waals surface area contributed by atoms with Gasteiger partial charge in [-0.05, 0) is 91.2 Å². The Morgan fingerprint density at radius 3 is 2.50 bits per heavy atom. The van der Waals surface area contributed by atoms with Gasteiger partial charge < -0.3 is 4.90 Å². The number of halogens is 1. The van der Waals surface area contributed by atoms with Gasteiger partial charge in [0.2, 0.25) is 5.91 Å². The quantitative estimate of drug-likeness (QED) is 0.645. The van der Waals surface area contributed by atoms with Crippen LogP contribution in [0.25, 0.3) is 0 Å². The number of nitrogens with zero attached hydrogens (tertiary/aromatic N) is 2. The molecule has 5 rings (SSSR count). The predicted molar refractivity (Wildman–Crippen MR) is 112 cm³/mol. The van der Waals surface area contributed by atoms with E-state index in [-0.39, 0.29) is 11.7 Å². The number of fused-ring (bicyclic) bond motifs is 1. The van der Waals surface area contributed by atoms with Crippen molar-refractivity contribution in [2.24, 2.45) is 11.8 Å². The van der Waals surface area contributed by atoms with Crippen LogP contribution in [0.3, 0.4) is 0 Å². The monoisotopic (exact) mass is 416 g/mol. The third-order valence-corrected chi connectivity index (χ3v) is 8.32. The van der Waals surface area contributed by atoms with Crippen LogP contribution < -0.4 is 0 Å². The minimum absolute atomic E-state index is 0.145. The summed E-state index contributed by atoms with van der Waals surface area (Å²) in [7, 11) is 0. The minimum Gasteiger partial charge on any atom is -0.335 e. The number of thiophene rings is 1. The summed E-state index contributed by atoms with van der Waals surface area (Å²) in [5.41, 5.74) is 1.43. The molecule has 3 nitrogen and oxygen atoms in total. The molecule has 0 bridgehead atoms. The number of hydrogen-bond donors (Lipinski definition) is 0. The SMILES string of the molecule is O=C(C1CCN(Sc2ccc(F)cc2)CC1)N1CCc2sccc2C1C1CC1. The van der Waals surface area contributed by atoms with Gasteiger partial charge >= 0.3 is 0 Å². The number of benzene rings is 1. The second kappa shape index (κ2) is 7.81. The molecule has 2 aromatic rings. The molecule has 28 heavy (non-hydrogen) atoms. The Morgan fingerprint density at radius 2 is 1.79 bits per heavy atom. The van der Waals surface area contributed by atoms with Gasteiger partial charge in [0.05, 0.1) is 6.04 Å². The van der Waals surface area contributed by atoms with Crippen LogP contribution in [0.5, 0.6) is 0 Å². The summed E-state index contributed by atoms with van der Waals surface area (Å²) in [6, 6.07) is 9.24. The van der Waals surface area contributed by atoms with E-state index >= 15 is 0 Å². The van der Waals surface area contributed by atoms with E-state index in [1.54, 1.807) is 11.9 Å². The number of amides is 1. The molecule has 0 spiro atoms. The third kappa shape index (κ3) is 3.74. The Bertz CT molecular complexity index is 840. The topological polar surface area (TPSA) is 23.6 Å². The molecule has 1 amide bonds. The van der Waals surface area contributed by atoms with E-state index in [2.05, 4.69) is 20.7 Å². The lowest BCUT2D eigenvalue weighted by atomic mass is 9.91. The number of carbonyl (C=O) groups is 1. The number of hydrogen-bond acceptors (Lipinski definition) is 4. The van der Waals surface area contributed by atoms with Crippen LogP contribution in [-0.4, -0.2) is 34.7 Å². The van der Waals surface area contributed by atoms with E-state index in [0.29, 0.717) is 17.9 Å². The highest BCUT2D eigenvalue weighted by Gasteiger charge is 2.43. The molecule has 1 unspecified atom stereocenters. The summed E-state index contributed by atoms with van der Waals surface area (Å²) in [6.07, 6.45) is 5.36. The van der Waals surface area contributed by atoms with Crippen LogP contribution in [0.2, 0.25) is 0 Å². The first-order valence-electron chi connectivity index (χ1n) is 10.2.